The molecule has 0 saturated carbocycles. The quantitative estimate of drug-likeness (QED) is 0.695. The van der Waals surface area contributed by atoms with E-state index in [0.717, 1.165) is 12.0 Å². The molecule has 2 atom stereocenters. The Labute approximate surface area is 144 Å². The number of benzene rings is 1. The Balaban J connectivity index is 2.53. The third kappa shape index (κ3) is 7.99. The highest BCUT2D eigenvalue weighted by Gasteiger charge is 2.25. The van der Waals surface area contributed by atoms with E-state index in [4.69, 9.17) is 9.47 Å². The average molecular weight is 335 g/mol. The summed E-state index contributed by atoms with van der Waals surface area (Å²) in [6.45, 7) is 8.74. The van der Waals surface area contributed by atoms with Crippen LogP contribution in [0.3, 0.4) is 0 Å². The van der Waals surface area contributed by atoms with Crippen LogP contribution in [0.5, 0.6) is 0 Å². The number of ether oxygens (including phenoxy) is 2. The van der Waals surface area contributed by atoms with Gasteiger partial charge in [0.15, 0.2) is 0 Å². The summed E-state index contributed by atoms with van der Waals surface area (Å²) in [5.74, 6) is 0.0685. The highest BCUT2D eigenvalue weighted by molar-refractivity contribution is 5.78. The van der Waals surface area contributed by atoms with Crippen molar-refractivity contribution in [2.24, 2.45) is 11.8 Å². The second-order valence-electron chi connectivity index (χ2n) is 6.51. The lowest BCUT2D eigenvalue weighted by molar-refractivity contribution is -0.155. The number of rotatable bonds is 9. The highest BCUT2D eigenvalue weighted by atomic mass is 16.6. The number of hydrogen-bond acceptors (Lipinski definition) is 4. The molecule has 1 unspecified atom stereocenters. The van der Waals surface area contributed by atoms with Crippen LogP contribution >= 0.6 is 0 Å². The predicted molar refractivity (Wildman–Crippen MR) is 93.4 cm³/mol. The Morgan fingerprint density at radius 2 is 1.79 bits per heavy atom. The molecular formula is C19H29NO4. The first-order chi connectivity index (χ1) is 11.4. The fraction of sp³-hybridized carbons (Fsp3) is 0.579. The number of esters is 1. The van der Waals surface area contributed by atoms with Gasteiger partial charge in [0, 0.05) is 6.54 Å². The van der Waals surface area contributed by atoms with E-state index in [1.807, 2.05) is 51.1 Å². The summed E-state index contributed by atoms with van der Waals surface area (Å²) in [5.41, 5.74) is 0.898. The van der Waals surface area contributed by atoms with Gasteiger partial charge in [0.25, 0.3) is 0 Å². The zero-order chi connectivity index (χ0) is 17.9. The summed E-state index contributed by atoms with van der Waals surface area (Å²) in [5, 5.41) is 2.70. The number of nitrogens with one attached hydrogen (secondary N) is 1. The van der Waals surface area contributed by atoms with E-state index < -0.39 is 18.2 Å². The minimum atomic E-state index is -0.884. The van der Waals surface area contributed by atoms with Crippen molar-refractivity contribution in [3.8, 4) is 0 Å². The maximum atomic E-state index is 12.3. The zero-order valence-corrected chi connectivity index (χ0v) is 15.1. The standard InChI is InChI=1S/C19H29NO4/c1-5-15(4)12-20-19(22)24-17(11-14(2)3)18(21)23-13-16-9-7-6-8-10-16/h6-10,14-15,17H,5,11-13H2,1-4H3,(H,20,22)/t15?,17-/m0/s1. The molecule has 5 nitrogen and oxygen atoms in total. The third-order valence-corrected chi connectivity index (χ3v) is 3.71. The Bertz CT molecular complexity index is 501. The molecule has 0 aliphatic carbocycles. The van der Waals surface area contributed by atoms with E-state index in [1.165, 1.54) is 0 Å². The summed E-state index contributed by atoms with van der Waals surface area (Å²) >= 11 is 0. The number of hydrogen-bond donors (Lipinski definition) is 1. The van der Waals surface area contributed by atoms with Gasteiger partial charge in [-0.05, 0) is 23.8 Å². The number of carbonyl (C=O) groups excluding carboxylic acids is 2. The van der Waals surface area contributed by atoms with Crippen LogP contribution < -0.4 is 5.32 Å². The second kappa shape index (κ2) is 10.7. The van der Waals surface area contributed by atoms with Crippen molar-refractivity contribution in [2.45, 2.75) is 53.2 Å². The summed E-state index contributed by atoms with van der Waals surface area (Å²) < 4.78 is 10.6. The molecule has 0 radical (unpaired) electrons. The molecule has 0 saturated heterocycles. The first-order valence-electron chi connectivity index (χ1n) is 8.57. The molecule has 0 spiro atoms. The smallest absolute Gasteiger partial charge is 0.407 e. The maximum Gasteiger partial charge on any atom is 0.407 e. The van der Waals surface area contributed by atoms with Crippen molar-refractivity contribution in [3.05, 3.63) is 35.9 Å². The second-order valence-corrected chi connectivity index (χ2v) is 6.51. The summed E-state index contributed by atoms with van der Waals surface area (Å²) in [7, 11) is 0. The van der Waals surface area contributed by atoms with Crippen LogP contribution in [0.15, 0.2) is 30.3 Å². The van der Waals surface area contributed by atoms with E-state index in [0.29, 0.717) is 18.9 Å². The number of amides is 1. The van der Waals surface area contributed by atoms with Crippen LogP contribution in [0.2, 0.25) is 0 Å². The molecule has 0 aliphatic rings. The maximum absolute atomic E-state index is 12.3. The molecule has 134 valence electrons. The topological polar surface area (TPSA) is 64.6 Å². The van der Waals surface area contributed by atoms with Crippen molar-refractivity contribution in [1.82, 2.24) is 5.32 Å². The number of carbonyl (C=O) groups is 2. The molecule has 0 aliphatic heterocycles. The lowest BCUT2D eigenvalue weighted by atomic mass is 10.1. The number of alkyl carbamates (subject to hydrolysis) is 1. The molecule has 1 rings (SSSR count). The van der Waals surface area contributed by atoms with E-state index in [1.54, 1.807) is 0 Å². The van der Waals surface area contributed by atoms with E-state index >= 15 is 0 Å². The molecule has 0 aromatic heterocycles. The molecule has 0 bridgehead atoms. The van der Waals surface area contributed by atoms with Gasteiger partial charge >= 0.3 is 12.1 Å². The Morgan fingerprint density at radius 3 is 2.38 bits per heavy atom. The van der Waals surface area contributed by atoms with Gasteiger partial charge in [-0.3, -0.25) is 0 Å². The zero-order valence-electron chi connectivity index (χ0n) is 15.1. The summed E-state index contributed by atoms with van der Waals surface area (Å²) in [4.78, 5) is 24.1. The van der Waals surface area contributed by atoms with Crippen LogP contribution in [0.25, 0.3) is 0 Å². The van der Waals surface area contributed by atoms with Gasteiger partial charge in [0.1, 0.15) is 6.61 Å². The normalized spacial score (nSPS) is 13.2. The summed E-state index contributed by atoms with van der Waals surface area (Å²) in [6.07, 6.45) is -0.0533. The first-order valence-corrected chi connectivity index (χ1v) is 8.57. The molecule has 0 heterocycles. The fourth-order valence-electron chi connectivity index (χ4n) is 2.02. The fourth-order valence-corrected chi connectivity index (χ4v) is 2.02. The molecule has 24 heavy (non-hydrogen) atoms. The van der Waals surface area contributed by atoms with Gasteiger partial charge in [-0.1, -0.05) is 64.4 Å². The Hall–Kier alpha value is -2.04. The van der Waals surface area contributed by atoms with Gasteiger partial charge < -0.3 is 14.8 Å². The van der Waals surface area contributed by atoms with Crippen molar-refractivity contribution in [1.29, 1.82) is 0 Å². The SMILES string of the molecule is CCC(C)CNC(=O)O[C@@H](CC(C)C)C(=O)OCc1ccccc1. The molecular weight excluding hydrogens is 306 g/mol. The minimum absolute atomic E-state index is 0.173. The van der Waals surface area contributed by atoms with Crippen LogP contribution in [-0.4, -0.2) is 24.7 Å². The summed E-state index contributed by atoms with van der Waals surface area (Å²) in [6, 6.07) is 9.42. The van der Waals surface area contributed by atoms with Crippen LogP contribution in [0.1, 0.15) is 46.1 Å². The Kier molecular flexibility index (Phi) is 8.90. The highest BCUT2D eigenvalue weighted by Crippen LogP contribution is 2.12. The molecule has 1 aromatic carbocycles. The lowest BCUT2D eigenvalue weighted by Crippen LogP contribution is -2.36. The minimum Gasteiger partial charge on any atom is -0.458 e. The first kappa shape index (κ1) is 20.0. The van der Waals surface area contributed by atoms with E-state index in [9.17, 15) is 9.59 Å². The Morgan fingerprint density at radius 1 is 1.12 bits per heavy atom. The van der Waals surface area contributed by atoms with Crippen molar-refractivity contribution < 1.29 is 19.1 Å². The van der Waals surface area contributed by atoms with Gasteiger partial charge in [0.2, 0.25) is 6.10 Å². The van der Waals surface area contributed by atoms with Gasteiger partial charge in [-0.15, -0.1) is 0 Å². The predicted octanol–water partition coefficient (Wildman–Crippen LogP) is 3.92. The average Bonchev–Trinajstić information content (AvgIpc) is 2.57. The van der Waals surface area contributed by atoms with Crippen LogP contribution in [0.4, 0.5) is 4.79 Å². The van der Waals surface area contributed by atoms with E-state index in [-0.39, 0.29) is 12.5 Å². The molecule has 0 fully saturated rings. The molecule has 1 N–H and O–H groups in total. The van der Waals surface area contributed by atoms with Crippen molar-refractivity contribution in [2.75, 3.05) is 6.54 Å². The van der Waals surface area contributed by atoms with Crippen molar-refractivity contribution in [3.63, 3.8) is 0 Å². The lowest BCUT2D eigenvalue weighted by Gasteiger charge is -2.19. The molecule has 5 heteroatoms. The van der Waals surface area contributed by atoms with Gasteiger partial charge in [-0.25, -0.2) is 9.59 Å². The third-order valence-electron chi connectivity index (χ3n) is 3.71. The van der Waals surface area contributed by atoms with Crippen LogP contribution in [0, 0.1) is 11.8 Å². The van der Waals surface area contributed by atoms with Crippen molar-refractivity contribution >= 4 is 12.1 Å². The monoisotopic (exact) mass is 335 g/mol. The molecule has 1 aromatic rings. The van der Waals surface area contributed by atoms with Gasteiger partial charge in [0.05, 0.1) is 0 Å². The largest absolute Gasteiger partial charge is 0.458 e. The molecule has 1 amide bonds. The van der Waals surface area contributed by atoms with E-state index in [2.05, 4.69) is 12.2 Å². The van der Waals surface area contributed by atoms with Crippen LogP contribution in [-0.2, 0) is 20.9 Å². The van der Waals surface area contributed by atoms with Gasteiger partial charge in [-0.2, -0.15) is 0 Å².